The molecular weight excluding hydrogens is 780 g/mol. The van der Waals surface area contributed by atoms with Crippen LogP contribution in [0.2, 0.25) is 0 Å². The van der Waals surface area contributed by atoms with Crippen LogP contribution in [0.1, 0.15) is 127 Å². The molecule has 7 fully saturated rings. The molecule has 2 saturated heterocycles. The lowest BCUT2D eigenvalue weighted by molar-refractivity contribution is -0.180. The number of rotatable bonds is 3. The highest BCUT2D eigenvalue weighted by atomic mass is 16.6. The van der Waals surface area contributed by atoms with E-state index in [0.717, 1.165) is 91.9 Å². The topological polar surface area (TPSA) is 257 Å². The van der Waals surface area contributed by atoms with Crippen molar-refractivity contribution in [1.29, 1.82) is 0 Å². The zero-order valence-electron chi connectivity index (χ0n) is 37.5. The summed E-state index contributed by atoms with van der Waals surface area (Å²) in [7, 11) is 2.01. The number of fused-ring (bicyclic) bond motifs is 9. The first-order valence-corrected chi connectivity index (χ1v) is 21.7. The summed E-state index contributed by atoms with van der Waals surface area (Å²) < 4.78 is 5.68. The number of nitrogens with zero attached hydrogens (tertiary/aromatic N) is 2. The Labute approximate surface area is 355 Å². The Bertz CT molecular complexity index is 1490. The van der Waals surface area contributed by atoms with Crippen molar-refractivity contribution >= 4 is 41.5 Å². The molecule has 5 saturated carbocycles. The third-order valence-electron chi connectivity index (χ3n) is 14.7. The third kappa shape index (κ3) is 11.6. The number of aliphatic hydroxyl groups excluding tert-OH is 2. The predicted molar refractivity (Wildman–Crippen MR) is 220 cm³/mol. The number of hydrogen-bond acceptors (Lipinski definition) is 11. The lowest BCUT2D eigenvalue weighted by Gasteiger charge is -2.61. The van der Waals surface area contributed by atoms with Crippen molar-refractivity contribution in [3.8, 4) is 0 Å². The largest absolute Gasteiger partial charge is 0.481 e. The molecule has 60 heavy (non-hydrogen) atoms. The van der Waals surface area contributed by atoms with E-state index < -0.39 is 47.5 Å². The van der Waals surface area contributed by atoms with Crippen molar-refractivity contribution < 1.29 is 68.9 Å². The van der Waals surface area contributed by atoms with Gasteiger partial charge in [0.15, 0.2) is 11.9 Å². The molecule has 0 aromatic carbocycles. The Balaban J connectivity index is 0.000000367. The van der Waals surface area contributed by atoms with E-state index in [4.69, 9.17) is 39.5 Å². The molecule has 1 amide bonds. The summed E-state index contributed by atoms with van der Waals surface area (Å²) in [6.45, 7) is 19.5. The second-order valence-corrected chi connectivity index (χ2v) is 18.4. The molecule has 0 aromatic heterocycles. The van der Waals surface area contributed by atoms with Crippen LogP contribution in [0.15, 0.2) is 0 Å². The fraction of sp³-hybridized carbons (Fsp3) is 0.841. The second kappa shape index (κ2) is 21.9. The molecule has 7 unspecified atom stereocenters. The van der Waals surface area contributed by atoms with Gasteiger partial charge in [0.25, 0.3) is 17.9 Å². The average molecular weight is 855 g/mol. The zero-order chi connectivity index (χ0) is 46.1. The van der Waals surface area contributed by atoms with Crippen LogP contribution >= 0.6 is 0 Å². The molecule has 344 valence electrons. The summed E-state index contributed by atoms with van der Waals surface area (Å²) in [6.07, 6.45) is 6.15. The van der Waals surface area contributed by atoms with Gasteiger partial charge < -0.3 is 45.2 Å². The summed E-state index contributed by atoms with van der Waals surface area (Å²) in [5.41, 5.74) is -0.521. The van der Waals surface area contributed by atoms with Crippen molar-refractivity contribution in [3.63, 3.8) is 0 Å². The SMILES string of the molecule is CC.CC(=O)O.CC(=O)O.CC(=O)O.CN1CCN(C(=O)CCC(=O)O)CC1.C[C@@H]1CC2OC(=O)[C@@H](O)[C@]2(C)C2CC3C4C(CC[C@]3(C)C21)[C@@]1(C)CCCCC1C(=O)[C@@H]4O. The summed E-state index contributed by atoms with van der Waals surface area (Å²) in [5, 5.41) is 53.1. The molecule has 2 aliphatic heterocycles. The maximum absolute atomic E-state index is 13.5. The molecule has 13 atom stereocenters. The van der Waals surface area contributed by atoms with Crippen LogP contribution in [0.5, 0.6) is 0 Å². The molecule has 0 aromatic rings. The van der Waals surface area contributed by atoms with E-state index >= 15 is 0 Å². The molecule has 0 bridgehead atoms. The van der Waals surface area contributed by atoms with Gasteiger partial charge in [0.2, 0.25) is 5.91 Å². The molecule has 2 heterocycles. The number of ketones is 1. The normalized spacial score (nSPS) is 38.2. The number of aliphatic carboxylic acids is 4. The lowest BCUT2D eigenvalue weighted by atomic mass is 9.43. The smallest absolute Gasteiger partial charge is 0.335 e. The standard InChI is InChI=1S/C27H40O5.C9H16N2O3.3C2H4O2.C2H6/c1-13-11-18-27(4,23(30)24(31)32-18)17-12-16-19-14(8-10-26(16,3)20(13)17)25(2)9-6-5-7-15(25)21(28)22(19)29;1-10-4-6-11(7-5-10)8(12)2-3-9(13)14;3*1-2(3)4;1-2/h13-20,22-23,29-30H,5-12H2,1-4H3;2-7H2,1H3,(H,13,14);3*1H3,(H,3,4);1-2H3/t13-,14?,15?,16?,17?,18?,19?,20?,22-,23-,25-,26+,27-;;;;;/m1...../s1. The van der Waals surface area contributed by atoms with Gasteiger partial charge in [-0.05, 0) is 91.9 Å². The number of amides is 1. The van der Waals surface area contributed by atoms with Crippen molar-refractivity contribution in [1.82, 2.24) is 9.80 Å². The maximum Gasteiger partial charge on any atom is 0.335 e. The number of Topliss-reactive ketones (excluding diaryl/α,β-unsaturated/α-hetero) is 1. The minimum atomic E-state index is -1.06. The Kier molecular flexibility index (Phi) is 19.2. The molecule has 7 rings (SSSR count). The minimum Gasteiger partial charge on any atom is -0.481 e. The number of ether oxygens (including phenoxy) is 1. The first-order valence-electron chi connectivity index (χ1n) is 21.7. The number of aliphatic hydroxyl groups is 2. The van der Waals surface area contributed by atoms with Gasteiger partial charge in [-0.2, -0.15) is 0 Å². The van der Waals surface area contributed by atoms with E-state index in [1.807, 2.05) is 20.9 Å². The van der Waals surface area contributed by atoms with Crippen LogP contribution in [0, 0.1) is 57.7 Å². The predicted octanol–water partition coefficient (Wildman–Crippen LogP) is 4.67. The van der Waals surface area contributed by atoms with Crippen LogP contribution in [0.25, 0.3) is 0 Å². The molecular formula is C44H74N2O14. The van der Waals surface area contributed by atoms with E-state index in [1.54, 1.807) is 4.90 Å². The monoisotopic (exact) mass is 855 g/mol. The van der Waals surface area contributed by atoms with E-state index in [0.29, 0.717) is 17.8 Å². The summed E-state index contributed by atoms with van der Waals surface area (Å²) in [6, 6.07) is 0. The summed E-state index contributed by atoms with van der Waals surface area (Å²) in [4.78, 5) is 78.5. The summed E-state index contributed by atoms with van der Waals surface area (Å²) >= 11 is 0. The highest BCUT2D eigenvalue weighted by molar-refractivity contribution is 5.87. The number of esters is 1. The third-order valence-corrected chi connectivity index (χ3v) is 14.7. The van der Waals surface area contributed by atoms with Crippen LogP contribution in [-0.2, 0) is 38.3 Å². The number of carboxylic acid groups (broad SMARTS) is 4. The number of carboxylic acids is 4. The van der Waals surface area contributed by atoms with Gasteiger partial charge in [0.05, 0.1) is 6.42 Å². The Hall–Kier alpha value is -3.63. The van der Waals surface area contributed by atoms with Crippen molar-refractivity contribution in [2.75, 3.05) is 33.2 Å². The van der Waals surface area contributed by atoms with E-state index in [2.05, 4.69) is 32.6 Å². The van der Waals surface area contributed by atoms with Crippen LogP contribution in [0.4, 0.5) is 0 Å². The quantitative estimate of drug-likeness (QED) is 0.211. The van der Waals surface area contributed by atoms with Crippen molar-refractivity contribution in [2.24, 2.45) is 57.7 Å². The number of carbonyl (C=O) groups excluding carboxylic acids is 3. The second-order valence-electron chi connectivity index (χ2n) is 18.4. The van der Waals surface area contributed by atoms with Crippen LogP contribution in [0.3, 0.4) is 0 Å². The maximum atomic E-state index is 13.5. The fourth-order valence-corrected chi connectivity index (χ4v) is 12.3. The van der Waals surface area contributed by atoms with Crippen LogP contribution < -0.4 is 0 Å². The molecule has 7 aliphatic rings. The zero-order valence-corrected chi connectivity index (χ0v) is 37.5. The number of likely N-dealkylation sites (N-methyl/N-ethyl adjacent to an activating group) is 1. The first kappa shape index (κ1) is 52.5. The van der Waals surface area contributed by atoms with Gasteiger partial charge in [-0.15, -0.1) is 0 Å². The molecule has 0 radical (unpaired) electrons. The Morgan fingerprint density at radius 1 is 0.733 bits per heavy atom. The van der Waals surface area contributed by atoms with E-state index in [-0.39, 0.29) is 65.1 Å². The molecule has 16 nitrogen and oxygen atoms in total. The van der Waals surface area contributed by atoms with Gasteiger partial charge in [0.1, 0.15) is 12.2 Å². The van der Waals surface area contributed by atoms with Crippen molar-refractivity contribution in [2.45, 2.75) is 145 Å². The minimum absolute atomic E-state index is 0.00983. The van der Waals surface area contributed by atoms with E-state index in [1.165, 1.54) is 6.42 Å². The highest BCUT2D eigenvalue weighted by Crippen LogP contribution is 2.73. The Morgan fingerprint density at radius 2 is 1.27 bits per heavy atom. The van der Waals surface area contributed by atoms with Gasteiger partial charge in [-0.25, -0.2) is 4.79 Å². The first-order chi connectivity index (χ1) is 27.8. The summed E-state index contributed by atoms with van der Waals surface area (Å²) in [5.74, 6) is -2.16. The molecule has 5 aliphatic carbocycles. The van der Waals surface area contributed by atoms with Gasteiger partial charge in [-0.1, -0.05) is 54.4 Å². The van der Waals surface area contributed by atoms with Gasteiger partial charge in [0, 0.05) is 64.7 Å². The number of hydrogen-bond donors (Lipinski definition) is 6. The molecule has 16 heteroatoms. The van der Waals surface area contributed by atoms with Gasteiger partial charge in [-0.3, -0.25) is 28.8 Å². The van der Waals surface area contributed by atoms with Gasteiger partial charge >= 0.3 is 11.9 Å². The highest BCUT2D eigenvalue weighted by Gasteiger charge is 2.72. The molecule has 0 spiro atoms. The number of carbonyl (C=O) groups is 7. The number of piperazine rings is 1. The molecule has 6 N–H and O–H groups in total. The van der Waals surface area contributed by atoms with Crippen LogP contribution in [-0.4, -0.2) is 134 Å². The lowest BCUT2D eigenvalue weighted by Crippen LogP contribution is -2.62. The van der Waals surface area contributed by atoms with E-state index in [9.17, 15) is 29.4 Å². The van der Waals surface area contributed by atoms with Crippen molar-refractivity contribution in [3.05, 3.63) is 0 Å². The average Bonchev–Trinajstić information content (AvgIpc) is 3.60. The Morgan fingerprint density at radius 3 is 1.78 bits per heavy atom. The fourth-order valence-electron chi connectivity index (χ4n) is 12.3.